The molecule has 0 spiro atoms. The van der Waals surface area contributed by atoms with Crippen molar-refractivity contribution in [2.24, 2.45) is 11.8 Å². The standard InChI is InChI=1S/C16H15NO/c1-11-9-14(11)16(18)13-7-8-15(17-10-13)12-5-3-2-4-6-12/h2-8,10-11,14H,9H2,1H3/t11-,14?/m0/s1. The van der Waals surface area contributed by atoms with Gasteiger partial charge < -0.3 is 0 Å². The smallest absolute Gasteiger partial charge is 0.167 e. The summed E-state index contributed by atoms with van der Waals surface area (Å²) in [7, 11) is 0. The van der Waals surface area contributed by atoms with Gasteiger partial charge >= 0.3 is 0 Å². The van der Waals surface area contributed by atoms with Crippen molar-refractivity contribution in [1.29, 1.82) is 0 Å². The first-order valence-electron chi connectivity index (χ1n) is 6.31. The zero-order chi connectivity index (χ0) is 12.5. The Balaban J connectivity index is 1.83. The number of aromatic nitrogens is 1. The van der Waals surface area contributed by atoms with Gasteiger partial charge in [-0.3, -0.25) is 9.78 Å². The third-order valence-corrected chi connectivity index (χ3v) is 3.56. The summed E-state index contributed by atoms with van der Waals surface area (Å²) in [5.74, 6) is 1.02. The Kier molecular flexibility index (Phi) is 2.71. The van der Waals surface area contributed by atoms with Gasteiger partial charge in [0.05, 0.1) is 5.69 Å². The van der Waals surface area contributed by atoms with Crippen LogP contribution in [0.5, 0.6) is 0 Å². The first-order chi connectivity index (χ1) is 8.75. The van der Waals surface area contributed by atoms with E-state index in [1.807, 2.05) is 42.5 Å². The molecule has 1 saturated carbocycles. The Morgan fingerprint density at radius 2 is 1.89 bits per heavy atom. The molecule has 18 heavy (non-hydrogen) atoms. The second kappa shape index (κ2) is 4.37. The molecule has 1 aliphatic carbocycles. The van der Waals surface area contributed by atoms with E-state index < -0.39 is 0 Å². The summed E-state index contributed by atoms with van der Waals surface area (Å²) in [4.78, 5) is 16.4. The van der Waals surface area contributed by atoms with Crippen molar-refractivity contribution in [2.75, 3.05) is 0 Å². The van der Waals surface area contributed by atoms with Gasteiger partial charge in [-0.25, -0.2) is 0 Å². The summed E-state index contributed by atoms with van der Waals surface area (Å²) < 4.78 is 0. The normalized spacial score (nSPS) is 21.6. The second-order valence-corrected chi connectivity index (χ2v) is 4.98. The van der Waals surface area contributed by atoms with Gasteiger partial charge in [0, 0.05) is 23.2 Å². The molecular weight excluding hydrogens is 222 g/mol. The lowest BCUT2D eigenvalue weighted by atomic mass is 10.1. The Morgan fingerprint density at radius 1 is 1.17 bits per heavy atom. The number of hydrogen-bond acceptors (Lipinski definition) is 2. The van der Waals surface area contributed by atoms with E-state index in [4.69, 9.17) is 0 Å². The minimum Gasteiger partial charge on any atom is -0.294 e. The third-order valence-electron chi connectivity index (χ3n) is 3.56. The van der Waals surface area contributed by atoms with E-state index in [2.05, 4.69) is 11.9 Å². The fourth-order valence-corrected chi connectivity index (χ4v) is 2.22. The molecule has 2 atom stereocenters. The Morgan fingerprint density at radius 3 is 2.44 bits per heavy atom. The highest BCUT2D eigenvalue weighted by Crippen LogP contribution is 2.40. The van der Waals surface area contributed by atoms with E-state index in [0.29, 0.717) is 5.92 Å². The Hall–Kier alpha value is -1.96. The van der Waals surface area contributed by atoms with Gasteiger partial charge in [0.15, 0.2) is 5.78 Å². The summed E-state index contributed by atoms with van der Waals surface area (Å²) in [5, 5.41) is 0. The van der Waals surface area contributed by atoms with Gasteiger partial charge in [-0.05, 0) is 24.5 Å². The van der Waals surface area contributed by atoms with Gasteiger partial charge in [0.25, 0.3) is 0 Å². The van der Waals surface area contributed by atoms with Crippen LogP contribution in [-0.4, -0.2) is 10.8 Å². The van der Waals surface area contributed by atoms with Crippen LogP contribution in [-0.2, 0) is 0 Å². The molecule has 1 heterocycles. The lowest BCUT2D eigenvalue weighted by Gasteiger charge is -2.02. The summed E-state index contributed by atoms with van der Waals surface area (Å²) in [5.41, 5.74) is 2.73. The highest BCUT2D eigenvalue weighted by atomic mass is 16.1. The highest BCUT2D eigenvalue weighted by molar-refractivity contribution is 5.99. The minimum absolute atomic E-state index is 0.231. The lowest BCUT2D eigenvalue weighted by Crippen LogP contribution is -2.03. The predicted octanol–water partition coefficient (Wildman–Crippen LogP) is 3.59. The summed E-state index contributed by atoms with van der Waals surface area (Å²) in [6.45, 7) is 2.12. The molecule has 90 valence electrons. The minimum atomic E-state index is 0.231. The quantitative estimate of drug-likeness (QED) is 0.764. The Labute approximate surface area is 107 Å². The van der Waals surface area contributed by atoms with Crippen LogP contribution in [0.2, 0.25) is 0 Å². The molecule has 0 aliphatic heterocycles. The van der Waals surface area contributed by atoms with Crippen molar-refractivity contribution < 1.29 is 4.79 Å². The van der Waals surface area contributed by atoms with E-state index in [1.54, 1.807) is 6.20 Å². The van der Waals surface area contributed by atoms with Crippen LogP contribution in [0.1, 0.15) is 23.7 Å². The van der Waals surface area contributed by atoms with Crippen molar-refractivity contribution in [2.45, 2.75) is 13.3 Å². The molecule has 0 amide bonds. The molecule has 2 aromatic rings. The third kappa shape index (κ3) is 2.06. The van der Waals surface area contributed by atoms with Crippen molar-refractivity contribution in [3.8, 4) is 11.3 Å². The van der Waals surface area contributed by atoms with Gasteiger partial charge in [0.2, 0.25) is 0 Å². The van der Waals surface area contributed by atoms with E-state index in [0.717, 1.165) is 23.2 Å². The number of Topliss-reactive ketones (excluding diaryl/α,β-unsaturated/α-hetero) is 1. The largest absolute Gasteiger partial charge is 0.294 e. The molecule has 0 N–H and O–H groups in total. The molecule has 0 bridgehead atoms. The van der Waals surface area contributed by atoms with Crippen LogP contribution in [0.25, 0.3) is 11.3 Å². The fraction of sp³-hybridized carbons (Fsp3) is 0.250. The van der Waals surface area contributed by atoms with E-state index >= 15 is 0 Å². The maximum absolute atomic E-state index is 12.0. The van der Waals surface area contributed by atoms with Crippen LogP contribution in [0.3, 0.4) is 0 Å². The first kappa shape index (κ1) is 11.1. The number of rotatable bonds is 3. The van der Waals surface area contributed by atoms with Crippen LogP contribution in [0.4, 0.5) is 0 Å². The molecule has 0 saturated heterocycles. The molecule has 2 heteroatoms. The van der Waals surface area contributed by atoms with Crippen molar-refractivity contribution in [3.05, 3.63) is 54.2 Å². The van der Waals surface area contributed by atoms with Crippen molar-refractivity contribution in [1.82, 2.24) is 4.98 Å². The average molecular weight is 237 g/mol. The number of ketones is 1. The number of nitrogens with zero attached hydrogens (tertiary/aromatic N) is 1. The summed E-state index contributed by atoms with van der Waals surface area (Å²) in [6, 6.07) is 13.8. The molecule has 1 aromatic heterocycles. The molecule has 1 fully saturated rings. The van der Waals surface area contributed by atoms with E-state index in [-0.39, 0.29) is 11.7 Å². The van der Waals surface area contributed by atoms with Crippen LogP contribution < -0.4 is 0 Å². The fourth-order valence-electron chi connectivity index (χ4n) is 2.22. The molecular formula is C16H15NO. The molecule has 2 nitrogen and oxygen atoms in total. The summed E-state index contributed by atoms with van der Waals surface area (Å²) >= 11 is 0. The highest BCUT2D eigenvalue weighted by Gasteiger charge is 2.39. The maximum Gasteiger partial charge on any atom is 0.167 e. The molecule has 3 rings (SSSR count). The molecule has 0 radical (unpaired) electrons. The monoisotopic (exact) mass is 237 g/mol. The van der Waals surface area contributed by atoms with E-state index in [9.17, 15) is 4.79 Å². The second-order valence-electron chi connectivity index (χ2n) is 4.98. The van der Waals surface area contributed by atoms with Crippen LogP contribution in [0, 0.1) is 11.8 Å². The zero-order valence-corrected chi connectivity index (χ0v) is 10.3. The molecule has 1 unspecified atom stereocenters. The number of carbonyl (C=O) groups excluding carboxylic acids is 1. The maximum atomic E-state index is 12.0. The number of benzene rings is 1. The molecule has 1 aromatic carbocycles. The topological polar surface area (TPSA) is 30.0 Å². The number of hydrogen-bond donors (Lipinski definition) is 0. The number of pyridine rings is 1. The lowest BCUT2D eigenvalue weighted by molar-refractivity contribution is 0.0962. The van der Waals surface area contributed by atoms with E-state index in [1.165, 1.54) is 0 Å². The van der Waals surface area contributed by atoms with Gasteiger partial charge in [-0.1, -0.05) is 37.3 Å². The first-order valence-corrected chi connectivity index (χ1v) is 6.31. The number of carbonyl (C=O) groups is 1. The van der Waals surface area contributed by atoms with Crippen LogP contribution >= 0.6 is 0 Å². The van der Waals surface area contributed by atoms with Gasteiger partial charge in [0.1, 0.15) is 0 Å². The Bertz CT molecular complexity index is 559. The average Bonchev–Trinajstić information content (AvgIpc) is 3.16. The SMILES string of the molecule is C[C@H]1CC1C(=O)c1ccc(-c2ccccc2)nc1. The van der Waals surface area contributed by atoms with Crippen LogP contribution in [0.15, 0.2) is 48.7 Å². The molecule has 1 aliphatic rings. The summed E-state index contributed by atoms with van der Waals surface area (Å²) in [6.07, 6.45) is 2.73. The van der Waals surface area contributed by atoms with Crippen molar-refractivity contribution in [3.63, 3.8) is 0 Å². The van der Waals surface area contributed by atoms with Gasteiger partial charge in [-0.15, -0.1) is 0 Å². The predicted molar refractivity (Wildman–Crippen MR) is 71.3 cm³/mol. The zero-order valence-electron chi connectivity index (χ0n) is 10.3. The van der Waals surface area contributed by atoms with Crippen molar-refractivity contribution >= 4 is 5.78 Å². The van der Waals surface area contributed by atoms with Gasteiger partial charge in [-0.2, -0.15) is 0 Å².